The highest BCUT2D eigenvalue weighted by atomic mass is 32.2. The van der Waals surface area contributed by atoms with Crippen molar-refractivity contribution < 1.29 is 13.2 Å². The van der Waals surface area contributed by atoms with Crippen LogP contribution in [-0.4, -0.2) is 40.8 Å². The summed E-state index contributed by atoms with van der Waals surface area (Å²) >= 11 is 0. The van der Waals surface area contributed by atoms with Crippen molar-refractivity contribution in [3.63, 3.8) is 0 Å². The van der Waals surface area contributed by atoms with Crippen molar-refractivity contribution in [2.45, 2.75) is 30.4 Å². The van der Waals surface area contributed by atoms with E-state index in [1.807, 2.05) is 19.1 Å². The molecule has 0 amide bonds. The van der Waals surface area contributed by atoms with Crippen molar-refractivity contribution in [3.8, 4) is 0 Å². The van der Waals surface area contributed by atoms with Crippen molar-refractivity contribution in [1.82, 2.24) is 10.0 Å². The van der Waals surface area contributed by atoms with E-state index in [1.54, 1.807) is 19.2 Å². The predicted molar refractivity (Wildman–Crippen MR) is 73.6 cm³/mol. The Morgan fingerprint density at radius 1 is 1.32 bits per heavy atom. The molecule has 1 aliphatic rings. The van der Waals surface area contributed by atoms with Gasteiger partial charge in [-0.25, -0.2) is 13.1 Å². The molecule has 0 radical (unpaired) electrons. The van der Waals surface area contributed by atoms with Crippen LogP contribution in [-0.2, 0) is 21.2 Å². The molecule has 1 aromatic carbocycles. The Hall–Kier alpha value is -0.950. The van der Waals surface area contributed by atoms with Gasteiger partial charge in [0.2, 0.25) is 10.0 Å². The molecule has 1 aromatic rings. The first-order valence-corrected chi connectivity index (χ1v) is 7.90. The van der Waals surface area contributed by atoms with E-state index < -0.39 is 10.0 Å². The number of nitrogens with one attached hydrogen (secondary N) is 2. The standard InChI is InChI=1S/C13H20N2O3S/c1-3-10-4-6-11(7-5-10)19(16,17)15-12-8-14-9-13(12)18-2/h4-7,12-15H,3,8-9H2,1-2H3/t12?,13-/m0/s1. The lowest BCUT2D eigenvalue weighted by Crippen LogP contribution is -2.43. The van der Waals surface area contributed by atoms with Gasteiger partial charge in [-0.15, -0.1) is 0 Å². The van der Waals surface area contributed by atoms with Crippen LogP contribution < -0.4 is 10.0 Å². The van der Waals surface area contributed by atoms with Gasteiger partial charge >= 0.3 is 0 Å². The van der Waals surface area contributed by atoms with E-state index in [4.69, 9.17) is 4.74 Å². The predicted octanol–water partition coefficient (Wildman–Crippen LogP) is 0.514. The average molecular weight is 284 g/mol. The summed E-state index contributed by atoms with van der Waals surface area (Å²) in [6, 6.07) is 6.75. The van der Waals surface area contributed by atoms with Gasteiger partial charge in [0, 0.05) is 20.2 Å². The number of methoxy groups -OCH3 is 1. The third-order valence-corrected chi connectivity index (χ3v) is 4.92. The molecule has 0 aromatic heterocycles. The second-order valence-corrected chi connectivity index (χ2v) is 6.37. The summed E-state index contributed by atoms with van der Waals surface area (Å²) in [5, 5.41) is 3.11. The van der Waals surface area contributed by atoms with Crippen LogP contribution in [0, 0.1) is 0 Å². The number of sulfonamides is 1. The molecule has 0 aliphatic carbocycles. The summed E-state index contributed by atoms with van der Waals surface area (Å²) in [6.07, 6.45) is 0.774. The summed E-state index contributed by atoms with van der Waals surface area (Å²) in [7, 11) is -1.89. The molecular formula is C13H20N2O3S. The van der Waals surface area contributed by atoms with Gasteiger partial charge in [-0.05, 0) is 24.1 Å². The van der Waals surface area contributed by atoms with Gasteiger partial charge in [-0.3, -0.25) is 0 Å². The molecule has 1 heterocycles. The Bertz CT molecular complexity index is 513. The number of aryl methyl sites for hydroxylation is 1. The first kappa shape index (κ1) is 14.5. The molecule has 2 N–H and O–H groups in total. The monoisotopic (exact) mass is 284 g/mol. The second kappa shape index (κ2) is 6.00. The minimum absolute atomic E-state index is 0.121. The Balaban J connectivity index is 2.13. The minimum Gasteiger partial charge on any atom is -0.378 e. The molecule has 0 spiro atoms. The maximum absolute atomic E-state index is 12.3. The van der Waals surface area contributed by atoms with Crippen molar-refractivity contribution in [1.29, 1.82) is 0 Å². The molecule has 106 valence electrons. The third-order valence-electron chi connectivity index (χ3n) is 3.41. The zero-order chi connectivity index (χ0) is 13.9. The van der Waals surface area contributed by atoms with E-state index in [1.165, 1.54) is 0 Å². The van der Waals surface area contributed by atoms with Gasteiger partial charge in [-0.2, -0.15) is 0 Å². The molecular weight excluding hydrogens is 264 g/mol. The van der Waals surface area contributed by atoms with Crippen LogP contribution in [0.4, 0.5) is 0 Å². The molecule has 0 saturated carbocycles. The van der Waals surface area contributed by atoms with E-state index in [0.717, 1.165) is 12.0 Å². The first-order chi connectivity index (χ1) is 9.06. The topological polar surface area (TPSA) is 67.4 Å². The van der Waals surface area contributed by atoms with Crippen LogP contribution in [0.2, 0.25) is 0 Å². The number of benzene rings is 1. The first-order valence-electron chi connectivity index (χ1n) is 6.41. The number of ether oxygens (including phenoxy) is 1. The molecule has 1 aliphatic heterocycles. The average Bonchev–Trinajstić information content (AvgIpc) is 2.85. The van der Waals surface area contributed by atoms with Crippen molar-refractivity contribution in [2.24, 2.45) is 0 Å². The Morgan fingerprint density at radius 2 is 2.00 bits per heavy atom. The maximum Gasteiger partial charge on any atom is 0.240 e. The number of rotatable bonds is 5. The van der Waals surface area contributed by atoms with Gasteiger partial charge in [0.05, 0.1) is 17.0 Å². The fourth-order valence-corrected chi connectivity index (χ4v) is 3.46. The van der Waals surface area contributed by atoms with Gasteiger partial charge in [-0.1, -0.05) is 19.1 Å². The maximum atomic E-state index is 12.3. The summed E-state index contributed by atoms with van der Waals surface area (Å²) in [6.45, 7) is 3.29. The van der Waals surface area contributed by atoms with Crippen LogP contribution in [0.25, 0.3) is 0 Å². The Kier molecular flexibility index (Phi) is 4.57. The third kappa shape index (κ3) is 3.33. The molecule has 0 bridgehead atoms. The van der Waals surface area contributed by atoms with Gasteiger partial charge in [0.15, 0.2) is 0 Å². The highest BCUT2D eigenvalue weighted by molar-refractivity contribution is 7.89. The highest BCUT2D eigenvalue weighted by Gasteiger charge is 2.31. The Morgan fingerprint density at radius 3 is 2.58 bits per heavy atom. The van der Waals surface area contributed by atoms with Gasteiger partial charge < -0.3 is 10.1 Å². The normalized spacial score (nSPS) is 23.7. The zero-order valence-corrected chi connectivity index (χ0v) is 12.0. The van der Waals surface area contributed by atoms with Crippen molar-refractivity contribution in [2.75, 3.05) is 20.2 Å². The number of hydrogen-bond acceptors (Lipinski definition) is 4. The SMILES string of the molecule is CCc1ccc(S(=O)(=O)NC2CNC[C@@H]2OC)cc1. The fourth-order valence-electron chi connectivity index (χ4n) is 2.19. The van der Waals surface area contributed by atoms with Gasteiger partial charge in [0.1, 0.15) is 0 Å². The van der Waals surface area contributed by atoms with Crippen molar-refractivity contribution >= 4 is 10.0 Å². The fraction of sp³-hybridized carbons (Fsp3) is 0.538. The lowest BCUT2D eigenvalue weighted by molar-refractivity contribution is 0.103. The minimum atomic E-state index is -3.48. The van der Waals surface area contributed by atoms with E-state index in [0.29, 0.717) is 18.0 Å². The molecule has 6 heteroatoms. The van der Waals surface area contributed by atoms with Crippen LogP contribution >= 0.6 is 0 Å². The quantitative estimate of drug-likeness (QED) is 0.827. The molecule has 1 fully saturated rings. The molecule has 1 saturated heterocycles. The van der Waals surface area contributed by atoms with Crippen LogP contribution in [0.15, 0.2) is 29.2 Å². The van der Waals surface area contributed by atoms with E-state index in [-0.39, 0.29) is 12.1 Å². The number of hydrogen-bond donors (Lipinski definition) is 2. The molecule has 2 rings (SSSR count). The molecule has 19 heavy (non-hydrogen) atoms. The largest absolute Gasteiger partial charge is 0.378 e. The van der Waals surface area contributed by atoms with E-state index in [9.17, 15) is 8.42 Å². The van der Waals surface area contributed by atoms with E-state index >= 15 is 0 Å². The zero-order valence-electron chi connectivity index (χ0n) is 11.2. The molecule has 5 nitrogen and oxygen atoms in total. The van der Waals surface area contributed by atoms with E-state index in [2.05, 4.69) is 10.0 Å². The lowest BCUT2D eigenvalue weighted by atomic mass is 10.2. The van der Waals surface area contributed by atoms with Crippen LogP contribution in [0.3, 0.4) is 0 Å². The summed E-state index contributed by atoms with van der Waals surface area (Å²) in [5.41, 5.74) is 1.12. The summed E-state index contributed by atoms with van der Waals surface area (Å²) in [5.74, 6) is 0. The molecule has 2 atom stereocenters. The smallest absolute Gasteiger partial charge is 0.240 e. The Labute approximate surface area is 114 Å². The molecule has 1 unspecified atom stereocenters. The van der Waals surface area contributed by atoms with Crippen molar-refractivity contribution in [3.05, 3.63) is 29.8 Å². The van der Waals surface area contributed by atoms with Crippen LogP contribution in [0.5, 0.6) is 0 Å². The second-order valence-electron chi connectivity index (χ2n) is 4.66. The lowest BCUT2D eigenvalue weighted by Gasteiger charge is -2.18. The summed E-state index contributed by atoms with van der Waals surface area (Å²) in [4.78, 5) is 0.298. The van der Waals surface area contributed by atoms with Gasteiger partial charge in [0.25, 0.3) is 0 Å². The summed E-state index contributed by atoms with van der Waals surface area (Å²) < 4.78 is 32.5. The van der Waals surface area contributed by atoms with Crippen LogP contribution in [0.1, 0.15) is 12.5 Å². The highest BCUT2D eigenvalue weighted by Crippen LogP contribution is 2.13.